The normalized spacial score (nSPS) is 19.6. The quantitative estimate of drug-likeness (QED) is 0.775. The Kier molecular flexibility index (Phi) is 6.67. The second kappa shape index (κ2) is 9.59. The van der Waals surface area contributed by atoms with Gasteiger partial charge in [-0.25, -0.2) is 0 Å². The average molecular weight is 397 g/mol. The fourth-order valence-electron chi connectivity index (χ4n) is 4.58. The second-order valence-electron chi connectivity index (χ2n) is 8.47. The number of carbonyl (C=O) groups excluding carboxylic acids is 1. The number of rotatable bonds is 7. The van der Waals surface area contributed by atoms with Crippen molar-refractivity contribution in [2.24, 2.45) is 5.92 Å². The Bertz CT molecular complexity index is 774. The highest BCUT2D eigenvalue weighted by Crippen LogP contribution is 2.25. The first-order chi connectivity index (χ1) is 14.2. The highest BCUT2D eigenvalue weighted by molar-refractivity contribution is 5.91. The van der Waals surface area contributed by atoms with Gasteiger partial charge in [0, 0.05) is 13.1 Å². The predicted octanol–water partition coefficient (Wildman–Crippen LogP) is 3.72. The van der Waals surface area contributed by atoms with Gasteiger partial charge in [0.05, 0.1) is 12.6 Å². The summed E-state index contributed by atoms with van der Waals surface area (Å²) in [5, 5.41) is 10.6. The van der Waals surface area contributed by atoms with Gasteiger partial charge in [0.15, 0.2) is 5.76 Å². The number of aliphatic hydroxyl groups excluding tert-OH is 1. The van der Waals surface area contributed by atoms with Crippen LogP contribution in [0.4, 0.5) is 0 Å². The van der Waals surface area contributed by atoms with Crippen LogP contribution in [0.2, 0.25) is 0 Å². The molecule has 156 valence electrons. The van der Waals surface area contributed by atoms with Gasteiger partial charge in [-0.3, -0.25) is 9.69 Å². The van der Waals surface area contributed by atoms with Crippen molar-refractivity contribution in [1.82, 2.24) is 9.80 Å². The molecular weight excluding hydrogens is 364 g/mol. The molecule has 5 heteroatoms. The van der Waals surface area contributed by atoms with Crippen LogP contribution in [0.5, 0.6) is 0 Å². The molecule has 2 fully saturated rings. The van der Waals surface area contributed by atoms with E-state index >= 15 is 0 Å². The van der Waals surface area contributed by atoms with Crippen LogP contribution in [-0.4, -0.2) is 53.1 Å². The van der Waals surface area contributed by atoms with Gasteiger partial charge in [0.2, 0.25) is 0 Å². The van der Waals surface area contributed by atoms with Crippen LogP contribution >= 0.6 is 0 Å². The van der Waals surface area contributed by atoms with Gasteiger partial charge in [0.1, 0.15) is 5.76 Å². The molecule has 1 aromatic heterocycles. The lowest BCUT2D eigenvalue weighted by atomic mass is 9.88. The van der Waals surface area contributed by atoms with E-state index in [1.54, 1.807) is 0 Å². The Hall–Kier alpha value is -2.11. The van der Waals surface area contributed by atoms with Crippen LogP contribution in [0.3, 0.4) is 0 Å². The summed E-state index contributed by atoms with van der Waals surface area (Å²) < 4.78 is 5.84. The maximum absolute atomic E-state index is 12.8. The summed E-state index contributed by atoms with van der Waals surface area (Å²) in [6, 6.07) is 14.1. The number of furan rings is 1. The lowest BCUT2D eigenvalue weighted by Crippen LogP contribution is -2.41. The Labute approximate surface area is 173 Å². The summed E-state index contributed by atoms with van der Waals surface area (Å²) >= 11 is 0. The number of likely N-dealkylation sites (tertiary alicyclic amines) is 2. The molecule has 1 atom stereocenters. The molecule has 4 rings (SSSR count). The van der Waals surface area contributed by atoms with Crippen molar-refractivity contribution in [1.29, 1.82) is 0 Å². The van der Waals surface area contributed by atoms with Crippen molar-refractivity contribution in [2.75, 3.05) is 26.2 Å². The smallest absolute Gasteiger partial charge is 0.289 e. The first-order valence-corrected chi connectivity index (χ1v) is 11.0. The summed E-state index contributed by atoms with van der Waals surface area (Å²) in [6.45, 7) is 4.40. The SMILES string of the molecule is O=C(c1ccc(CN2CCCC2)o1)N1CCC(C(O)CCc2ccccc2)CC1. The number of amides is 1. The minimum absolute atomic E-state index is 0.0186. The molecule has 1 aromatic carbocycles. The molecular formula is C24H32N2O3. The van der Waals surface area contributed by atoms with E-state index in [4.69, 9.17) is 4.42 Å². The Morgan fingerprint density at radius 2 is 1.76 bits per heavy atom. The molecule has 3 heterocycles. The van der Waals surface area contributed by atoms with Crippen LogP contribution < -0.4 is 0 Å². The van der Waals surface area contributed by atoms with E-state index < -0.39 is 0 Å². The van der Waals surface area contributed by atoms with Crippen LogP contribution in [0.15, 0.2) is 46.9 Å². The average Bonchev–Trinajstić information content (AvgIpc) is 3.45. The summed E-state index contributed by atoms with van der Waals surface area (Å²) in [5.74, 6) is 1.57. The third-order valence-electron chi connectivity index (χ3n) is 6.39. The maximum Gasteiger partial charge on any atom is 0.289 e. The predicted molar refractivity (Wildman–Crippen MR) is 113 cm³/mol. The van der Waals surface area contributed by atoms with Crippen molar-refractivity contribution >= 4 is 5.91 Å². The van der Waals surface area contributed by atoms with Gasteiger partial charge in [-0.05, 0) is 75.2 Å². The number of piperidine rings is 1. The number of aryl methyl sites for hydroxylation is 1. The van der Waals surface area contributed by atoms with Crippen LogP contribution in [0.1, 0.15) is 54.0 Å². The molecule has 1 unspecified atom stereocenters. The Morgan fingerprint density at radius 1 is 1.03 bits per heavy atom. The lowest BCUT2D eigenvalue weighted by molar-refractivity contribution is 0.0417. The molecule has 2 saturated heterocycles. The molecule has 0 bridgehead atoms. The molecule has 2 aromatic rings. The van der Waals surface area contributed by atoms with Gasteiger partial charge in [0.25, 0.3) is 5.91 Å². The Morgan fingerprint density at radius 3 is 2.48 bits per heavy atom. The second-order valence-corrected chi connectivity index (χ2v) is 8.47. The molecule has 1 amide bonds. The van der Waals surface area contributed by atoms with Gasteiger partial charge in [-0.15, -0.1) is 0 Å². The van der Waals surface area contributed by atoms with Crippen molar-refractivity contribution in [3.05, 3.63) is 59.5 Å². The van der Waals surface area contributed by atoms with Crippen LogP contribution in [0.25, 0.3) is 0 Å². The standard InChI is InChI=1S/C24H32N2O3/c27-22(10-8-19-6-2-1-3-7-19)20-12-16-26(17-13-20)24(28)23-11-9-21(29-23)18-25-14-4-5-15-25/h1-3,6-7,9,11,20,22,27H,4-5,8,10,12-18H2. The summed E-state index contributed by atoms with van der Waals surface area (Å²) in [4.78, 5) is 17.0. The van der Waals surface area contributed by atoms with Crippen molar-refractivity contribution in [2.45, 2.75) is 51.2 Å². The van der Waals surface area contributed by atoms with E-state index in [9.17, 15) is 9.90 Å². The van der Waals surface area contributed by atoms with Crippen molar-refractivity contribution in [3.63, 3.8) is 0 Å². The fraction of sp³-hybridized carbons (Fsp3) is 0.542. The first kappa shape index (κ1) is 20.2. The van der Waals surface area contributed by atoms with E-state index in [1.807, 2.05) is 35.2 Å². The molecule has 0 aliphatic carbocycles. The molecule has 1 N–H and O–H groups in total. The number of hydrogen-bond donors (Lipinski definition) is 1. The molecule has 2 aliphatic heterocycles. The van der Waals surface area contributed by atoms with Gasteiger partial charge in [-0.1, -0.05) is 30.3 Å². The summed E-state index contributed by atoms with van der Waals surface area (Å²) in [7, 11) is 0. The molecule has 0 spiro atoms. The van der Waals surface area contributed by atoms with Crippen LogP contribution in [-0.2, 0) is 13.0 Å². The van der Waals surface area contributed by atoms with Crippen molar-refractivity contribution in [3.8, 4) is 0 Å². The molecule has 0 radical (unpaired) electrons. The monoisotopic (exact) mass is 396 g/mol. The largest absolute Gasteiger partial charge is 0.455 e. The lowest BCUT2D eigenvalue weighted by Gasteiger charge is -2.34. The minimum atomic E-state index is -0.303. The van der Waals surface area contributed by atoms with E-state index in [-0.39, 0.29) is 17.9 Å². The topological polar surface area (TPSA) is 56.9 Å². The summed E-state index contributed by atoms with van der Waals surface area (Å²) in [6.07, 6.45) is 5.57. The van der Waals surface area contributed by atoms with Crippen molar-refractivity contribution < 1.29 is 14.3 Å². The zero-order chi connectivity index (χ0) is 20.1. The van der Waals surface area contributed by atoms with Crippen LogP contribution in [0, 0.1) is 5.92 Å². The first-order valence-electron chi connectivity index (χ1n) is 11.0. The number of aliphatic hydroxyl groups is 1. The third-order valence-corrected chi connectivity index (χ3v) is 6.39. The number of nitrogens with zero attached hydrogens (tertiary/aromatic N) is 2. The van der Waals surface area contributed by atoms with E-state index in [2.05, 4.69) is 17.0 Å². The zero-order valence-electron chi connectivity index (χ0n) is 17.1. The number of hydrogen-bond acceptors (Lipinski definition) is 4. The third kappa shape index (κ3) is 5.28. The minimum Gasteiger partial charge on any atom is -0.455 e. The van der Waals surface area contributed by atoms with Gasteiger partial charge in [-0.2, -0.15) is 0 Å². The highest BCUT2D eigenvalue weighted by Gasteiger charge is 2.29. The van der Waals surface area contributed by atoms with Gasteiger partial charge < -0.3 is 14.4 Å². The summed E-state index contributed by atoms with van der Waals surface area (Å²) in [5.41, 5.74) is 1.27. The molecule has 2 aliphatic rings. The Balaban J connectivity index is 1.23. The maximum atomic E-state index is 12.8. The number of benzene rings is 1. The highest BCUT2D eigenvalue weighted by atomic mass is 16.4. The molecule has 0 saturated carbocycles. The van der Waals surface area contributed by atoms with E-state index in [0.29, 0.717) is 18.8 Å². The molecule has 5 nitrogen and oxygen atoms in total. The van der Waals surface area contributed by atoms with E-state index in [0.717, 1.165) is 51.1 Å². The zero-order valence-corrected chi connectivity index (χ0v) is 17.1. The van der Waals surface area contributed by atoms with E-state index in [1.165, 1.54) is 18.4 Å². The number of carbonyl (C=O) groups is 1. The molecule has 29 heavy (non-hydrogen) atoms. The van der Waals surface area contributed by atoms with Gasteiger partial charge >= 0.3 is 0 Å². The fourth-order valence-corrected chi connectivity index (χ4v) is 4.58.